The summed E-state index contributed by atoms with van der Waals surface area (Å²) in [5, 5.41) is 9.65. The molecule has 0 radical (unpaired) electrons. The molecule has 80 valence electrons. The zero-order chi connectivity index (χ0) is 10.8. The van der Waals surface area contributed by atoms with Gasteiger partial charge in [-0.25, -0.2) is 0 Å². The summed E-state index contributed by atoms with van der Waals surface area (Å²) in [4.78, 5) is 0. The molecule has 0 aliphatic rings. The van der Waals surface area contributed by atoms with Gasteiger partial charge in [0.1, 0.15) is 0 Å². The van der Waals surface area contributed by atoms with Crippen LogP contribution in [0.15, 0.2) is 24.4 Å². The molecule has 2 rings (SSSR count). The number of benzene rings is 1. The third kappa shape index (κ3) is 1.57. The third-order valence-corrected chi connectivity index (χ3v) is 2.31. The van der Waals surface area contributed by atoms with Crippen LogP contribution in [0.5, 0.6) is 0 Å². The number of anilines is 2. The van der Waals surface area contributed by atoms with Crippen LogP contribution >= 0.6 is 0 Å². The number of nitrogens with zero attached hydrogens (tertiary/aromatic N) is 1. The Morgan fingerprint density at radius 2 is 1.93 bits per heavy atom. The van der Waals surface area contributed by atoms with E-state index in [4.69, 9.17) is 16.6 Å². The smallest absolute Gasteiger partial charge is 0.0942 e. The largest absolute Gasteiger partial charge is 0.398 e. The van der Waals surface area contributed by atoms with E-state index in [0.717, 1.165) is 10.9 Å². The Morgan fingerprint density at radius 3 is 2.67 bits per heavy atom. The molecule has 0 atom stereocenters. The molecule has 5 heteroatoms. The fourth-order valence-corrected chi connectivity index (χ4v) is 1.61. The van der Waals surface area contributed by atoms with E-state index in [2.05, 4.69) is 5.43 Å². The zero-order valence-corrected chi connectivity index (χ0v) is 8.27. The van der Waals surface area contributed by atoms with Gasteiger partial charge in [-0.15, -0.1) is 0 Å². The Bertz CT molecular complexity index is 477. The Labute approximate surface area is 87.3 Å². The second kappa shape index (κ2) is 3.70. The van der Waals surface area contributed by atoms with Gasteiger partial charge in [-0.2, -0.15) is 0 Å². The van der Waals surface area contributed by atoms with Crippen LogP contribution in [-0.2, 0) is 0 Å². The van der Waals surface area contributed by atoms with Gasteiger partial charge in [-0.05, 0) is 18.2 Å². The maximum Gasteiger partial charge on any atom is 0.0942 e. The minimum Gasteiger partial charge on any atom is -0.398 e. The molecule has 1 heterocycles. The minimum absolute atomic E-state index is 0.0713. The molecule has 0 bridgehead atoms. The van der Waals surface area contributed by atoms with Gasteiger partial charge in [0.15, 0.2) is 0 Å². The molecule has 15 heavy (non-hydrogen) atoms. The average Bonchev–Trinajstić information content (AvgIpc) is 2.65. The number of nitrogen functional groups attached to an aromatic ring is 2. The van der Waals surface area contributed by atoms with Crippen LogP contribution in [0, 0.1) is 0 Å². The lowest BCUT2D eigenvalue weighted by atomic mass is 10.2. The fourth-order valence-electron chi connectivity index (χ4n) is 1.61. The second-order valence-electron chi connectivity index (χ2n) is 3.32. The summed E-state index contributed by atoms with van der Waals surface area (Å²) in [7, 11) is 0. The van der Waals surface area contributed by atoms with Crippen LogP contribution in [0.2, 0.25) is 0 Å². The molecule has 6 N–H and O–H groups in total. The molecule has 2 aromatic rings. The zero-order valence-electron chi connectivity index (χ0n) is 8.27. The summed E-state index contributed by atoms with van der Waals surface area (Å²) in [6.45, 7) is 0.542. The van der Waals surface area contributed by atoms with Gasteiger partial charge < -0.3 is 22.0 Å². The maximum atomic E-state index is 8.73. The maximum absolute atomic E-state index is 8.73. The van der Waals surface area contributed by atoms with E-state index in [1.54, 1.807) is 16.8 Å². The summed E-state index contributed by atoms with van der Waals surface area (Å²) < 4.78 is 1.78. The molecule has 0 amide bonds. The summed E-state index contributed by atoms with van der Waals surface area (Å²) >= 11 is 0. The van der Waals surface area contributed by atoms with Gasteiger partial charge in [-0.3, -0.25) is 4.68 Å². The van der Waals surface area contributed by atoms with E-state index in [0.29, 0.717) is 17.9 Å². The molecule has 0 unspecified atom stereocenters. The lowest BCUT2D eigenvalue weighted by molar-refractivity contribution is 0.307. The molecule has 0 saturated heterocycles. The average molecular weight is 206 g/mol. The van der Waals surface area contributed by atoms with Crippen LogP contribution < -0.4 is 16.9 Å². The highest BCUT2D eigenvalue weighted by atomic mass is 16.3. The molecule has 0 fully saturated rings. The van der Waals surface area contributed by atoms with Crippen molar-refractivity contribution in [3.05, 3.63) is 24.4 Å². The number of nitrogens with one attached hydrogen (secondary N) is 1. The standard InChI is InChI=1S/C10H14N4O/c11-8-1-2-9(12)10-7(8)3-5-14(10)13-4-6-15/h1-3,5,13,15H,4,6,11-12H2. The molecular weight excluding hydrogens is 192 g/mol. The first-order chi connectivity index (χ1) is 7.24. The normalized spacial score (nSPS) is 10.7. The molecule has 1 aromatic heterocycles. The highest BCUT2D eigenvalue weighted by Gasteiger charge is 2.06. The fraction of sp³-hybridized carbons (Fsp3) is 0.200. The van der Waals surface area contributed by atoms with Crippen LogP contribution in [0.25, 0.3) is 10.9 Å². The predicted octanol–water partition coefficient (Wildman–Crippen LogP) is 0.342. The van der Waals surface area contributed by atoms with Gasteiger partial charge in [0.05, 0.1) is 24.4 Å². The van der Waals surface area contributed by atoms with Crippen molar-refractivity contribution in [1.29, 1.82) is 0 Å². The van der Waals surface area contributed by atoms with Gasteiger partial charge in [0.25, 0.3) is 0 Å². The Kier molecular flexibility index (Phi) is 2.39. The number of hydrogen-bond donors (Lipinski definition) is 4. The number of aliphatic hydroxyl groups excluding tert-OH is 1. The second-order valence-corrected chi connectivity index (χ2v) is 3.32. The van der Waals surface area contributed by atoms with E-state index in [1.165, 1.54) is 0 Å². The van der Waals surface area contributed by atoms with Crippen molar-refractivity contribution in [2.45, 2.75) is 0 Å². The van der Waals surface area contributed by atoms with Gasteiger partial charge in [-0.1, -0.05) is 0 Å². The van der Waals surface area contributed by atoms with E-state index in [9.17, 15) is 0 Å². The molecular formula is C10H14N4O. The molecule has 5 nitrogen and oxygen atoms in total. The molecule has 0 aliphatic carbocycles. The van der Waals surface area contributed by atoms with Crippen molar-refractivity contribution in [3.8, 4) is 0 Å². The van der Waals surface area contributed by atoms with Crippen molar-refractivity contribution in [3.63, 3.8) is 0 Å². The summed E-state index contributed by atoms with van der Waals surface area (Å²) in [5.74, 6) is 0. The first-order valence-corrected chi connectivity index (χ1v) is 4.74. The molecule has 0 aliphatic heterocycles. The van der Waals surface area contributed by atoms with Crippen LogP contribution in [0.4, 0.5) is 11.4 Å². The third-order valence-electron chi connectivity index (χ3n) is 2.31. The van der Waals surface area contributed by atoms with Crippen LogP contribution in [0.1, 0.15) is 0 Å². The summed E-state index contributed by atoms with van der Waals surface area (Å²) in [6.07, 6.45) is 1.84. The van der Waals surface area contributed by atoms with E-state index >= 15 is 0 Å². The van der Waals surface area contributed by atoms with Gasteiger partial charge in [0, 0.05) is 17.3 Å². The van der Waals surface area contributed by atoms with Crippen molar-refractivity contribution < 1.29 is 5.11 Å². The SMILES string of the molecule is Nc1ccc(N)c2c1ccn2NCCO. The minimum atomic E-state index is 0.0713. The number of fused-ring (bicyclic) bond motifs is 1. The van der Waals surface area contributed by atoms with Crippen molar-refractivity contribution in [2.75, 3.05) is 30.0 Å². The quantitative estimate of drug-likeness (QED) is 0.545. The van der Waals surface area contributed by atoms with Crippen molar-refractivity contribution >= 4 is 22.3 Å². The molecule has 0 spiro atoms. The van der Waals surface area contributed by atoms with Crippen LogP contribution in [0.3, 0.4) is 0 Å². The monoisotopic (exact) mass is 206 g/mol. The van der Waals surface area contributed by atoms with Gasteiger partial charge in [0.2, 0.25) is 0 Å². The Balaban J connectivity index is 2.53. The number of rotatable bonds is 3. The topological polar surface area (TPSA) is 89.2 Å². The van der Waals surface area contributed by atoms with E-state index < -0.39 is 0 Å². The Morgan fingerprint density at radius 1 is 1.20 bits per heavy atom. The van der Waals surface area contributed by atoms with E-state index in [-0.39, 0.29) is 6.61 Å². The predicted molar refractivity (Wildman–Crippen MR) is 62.1 cm³/mol. The molecule has 1 aromatic carbocycles. The first-order valence-electron chi connectivity index (χ1n) is 4.74. The highest BCUT2D eigenvalue weighted by molar-refractivity contribution is 5.98. The number of aromatic nitrogens is 1. The number of aliphatic hydroxyl groups is 1. The highest BCUT2D eigenvalue weighted by Crippen LogP contribution is 2.26. The molecule has 0 saturated carbocycles. The van der Waals surface area contributed by atoms with Crippen molar-refractivity contribution in [2.24, 2.45) is 0 Å². The lowest BCUT2D eigenvalue weighted by Crippen LogP contribution is -2.17. The van der Waals surface area contributed by atoms with Gasteiger partial charge >= 0.3 is 0 Å². The summed E-state index contributed by atoms with van der Waals surface area (Å²) in [5.41, 5.74) is 16.9. The number of hydrogen-bond acceptors (Lipinski definition) is 4. The lowest BCUT2D eigenvalue weighted by Gasteiger charge is -2.09. The Hall–Kier alpha value is -1.88. The van der Waals surface area contributed by atoms with Crippen LogP contribution in [-0.4, -0.2) is 22.9 Å². The summed E-state index contributed by atoms with van der Waals surface area (Å²) in [6, 6.07) is 5.45. The van der Waals surface area contributed by atoms with E-state index in [1.807, 2.05) is 12.3 Å². The first kappa shape index (κ1) is 9.67. The number of nitrogens with two attached hydrogens (primary N) is 2. The van der Waals surface area contributed by atoms with Crippen molar-refractivity contribution in [1.82, 2.24) is 4.68 Å².